The average Bonchev–Trinajstić information content (AvgIpc) is 2.96. The summed E-state index contributed by atoms with van der Waals surface area (Å²) in [4.78, 5) is 29.1. The van der Waals surface area contributed by atoms with Crippen molar-refractivity contribution >= 4 is 17.5 Å². The van der Waals surface area contributed by atoms with E-state index in [4.69, 9.17) is 4.74 Å². The largest absolute Gasteiger partial charge is 0.489 e. The summed E-state index contributed by atoms with van der Waals surface area (Å²) in [7, 11) is 1.76. The number of carbonyl (C=O) groups is 2. The molecule has 0 fully saturated rings. The minimum atomic E-state index is -0.421. The van der Waals surface area contributed by atoms with Crippen LogP contribution < -0.4 is 9.64 Å². The van der Waals surface area contributed by atoms with Crippen molar-refractivity contribution in [2.24, 2.45) is 0 Å². The number of amides is 2. The molecule has 2 aromatic carbocycles. The Morgan fingerprint density at radius 1 is 1.21 bits per heavy atom. The van der Waals surface area contributed by atoms with Crippen molar-refractivity contribution < 1.29 is 14.3 Å². The van der Waals surface area contributed by atoms with Gasteiger partial charge in [0.25, 0.3) is 0 Å². The third-order valence-electron chi connectivity index (χ3n) is 5.11. The number of hydrogen-bond donors (Lipinski definition) is 0. The Bertz CT molecular complexity index is 878. The summed E-state index contributed by atoms with van der Waals surface area (Å²) >= 11 is 0. The molecule has 0 unspecified atom stereocenters. The van der Waals surface area contributed by atoms with Crippen LogP contribution in [0.5, 0.6) is 5.75 Å². The summed E-state index contributed by atoms with van der Waals surface area (Å²) in [5.74, 6) is 0.260. The standard InChI is InChI=1S/C23H26N2O3/c1-4-14-28-21-13-9-6-10-17(21)16-25(5-2)22(26)15-19-18-11-7-8-12-20(18)24(3)23(19)27/h4,6-13,19H,1,5,14-16H2,2-3H3/t19-/m1/s1. The molecule has 0 saturated heterocycles. The molecular formula is C23H26N2O3. The predicted molar refractivity (Wildman–Crippen MR) is 110 cm³/mol. The van der Waals surface area contributed by atoms with Crippen molar-refractivity contribution in [1.82, 2.24) is 4.90 Å². The van der Waals surface area contributed by atoms with Gasteiger partial charge in [-0.2, -0.15) is 0 Å². The van der Waals surface area contributed by atoms with Crippen LogP contribution >= 0.6 is 0 Å². The van der Waals surface area contributed by atoms with Crippen molar-refractivity contribution in [3.05, 3.63) is 72.3 Å². The molecule has 2 aromatic rings. The molecule has 2 amide bonds. The molecule has 1 atom stereocenters. The first kappa shape index (κ1) is 19.7. The molecule has 1 aliphatic rings. The Balaban J connectivity index is 1.75. The van der Waals surface area contributed by atoms with Crippen LogP contribution in [0, 0.1) is 0 Å². The number of hydrogen-bond acceptors (Lipinski definition) is 3. The molecule has 0 aromatic heterocycles. The van der Waals surface area contributed by atoms with E-state index < -0.39 is 5.92 Å². The van der Waals surface area contributed by atoms with Gasteiger partial charge >= 0.3 is 0 Å². The van der Waals surface area contributed by atoms with Gasteiger partial charge < -0.3 is 14.5 Å². The fourth-order valence-corrected chi connectivity index (χ4v) is 3.58. The van der Waals surface area contributed by atoms with Crippen LogP contribution in [0.2, 0.25) is 0 Å². The summed E-state index contributed by atoms with van der Waals surface area (Å²) in [6, 6.07) is 15.4. The molecule has 0 N–H and O–H groups in total. The predicted octanol–water partition coefficient (Wildman–Crippen LogP) is 3.75. The highest BCUT2D eigenvalue weighted by Crippen LogP contribution is 2.38. The maximum atomic E-state index is 13.0. The number of nitrogens with zero attached hydrogens (tertiary/aromatic N) is 2. The number of ether oxygens (including phenoxy) is 1. The van der Waals surface area contributed by atoms with Crippen LogP contribution in [0.3, 0.4) is 0 Å². The van der Waals surface area contributed by atoms with Gasteiger partial charge in [0.05, 0.1) is 5.92 Å². The van der Waals surface area contributed by atoms with E-state index >= 15 is 0 Å². The van der Waals surface area contributed by atoms with Gasteiger partial charge in [0, 0.05) is 37.8 Å². The number of para-hydroxylation sites is 2. The molecule has 3 rings (SSSR count). The monoisotopic (exact) mass is 378 g/mol. The number of benzene rings is 2. The molecule has 1 aliphatic heterocycles. The zero-order valence-corrected chi connectivity index (χ0v) is 16.4. The van der Waals surface area contributed by atoms with E-state index in [1.165, 1.54) is 0 Å². The van der Waals surface area contributed by atoms with Gasteiger partial charge in [0.1, 0.15) is 12.4 Å². The molecule has 1 heterocycles. The SMILES string of the molecule is C=CCOc1ccccc1CN(CC)C(=O)C[C@H]1C(=O)N(C)c2ccccc21. The van der Waals surface area contributed by atoms with Gasteiger partial charge in [-0.15, -0.1) is 0 Å². The molecule has 0 spiro atoms. The molecule has 0 aliphatic carbocycles. The molecule has 0 bridgehead atoms. The Kier molecular flexibility index (Phi) is 6.14. The van der Waals surface area contributed by atoms with Crippen LogP contribution in [0.1, 0.15) is 30.4 Å². The zero-order valence-electron chi connectivity index (χ0n) is 16.4. The molecule has 0 saturated carbocycles. The summed E-state index contributed by atoms with van der Waals surface area (Å²) in [5.41, 5.74) is 2.75. The number of rotatable bonds is 8. The van der Waals surface area contributed by atoms with E-state index in [0.717, 1.165) is 22.6 Å². The van der Waals surface area contributed by atoms with E-state index in [2.05, 4.69) is 6.58 Å². The first-order valence-electron chi connectivity index (χ1n) is 9.52. The lowest BCUT2D eigenvalue weighted by molar-refractivity contribution is -0.134. The summed E-state index contributed by atoms with van der Waals surface area (Å²) in [5, 5.41) is 0. The van der Waals surface area contributed by atoms with Crippen molar-refractivity contribution in [1.29, 1.82) is 0 Å². The third kappa shape index (κ3) is 3.93. The van der Waals surface area contributed by atoms with Gasteiger partial charge in [0.2, 0.25) is 11.8 Å². The molecule has 146 valence electrons. The lowest BCUT2D eigenvalue weighted by atomic mass is 9.96. The lowest BCUT2D eigenvalue weighted by Crippen LogP contribution is -2.33. The van der Waals surface area contributed by atoms with Crippen LogP contribution in [0.25, 0.3) is 0 Å². The van der Waals surface area contributed by atoms with Crippen LogP contribution in [0.4, 0.5) is 5.69 Å². The van der Waals surface area contributed by atoms with Gasteiger partial charge in [0.15, 0.2) is 0 Å². The number of anilines is 1. The van der Waals surface area contributed by atoms with Gasteiger partial charge in [-0.05, 0) is 24.6 Å². The Labute approximate surface area is 166 Å². The normalized spacial score (nSPS) is 15.3. The highest BCUT2D eigenvalue weighted by atomic mass is 16.5. The topological polar surface area (TPSA) is 49.9 Å². The third-order valence-corrected chi connectivity index (χ3v) is 5.11. The van der Waals surface area contributed by atoms with Crippen molar-refractivity contribution in [3.8, 4) is 5.75 Å². The van der Waals surface area contributed by atoms with E-state index in [1.807, 2.05) is 55.5 Å². The van der Waals surface area contributed by atoms with E-state index in [-0.39, 0.29) is 18.2 Å². The number of carbonyl (C=O) groups excluding carboxylic acids is 2. The maximum Gasteiger partial charge on any atom is 0.234 e. The molecule has 5 nitrogen and oxygen atoms in total. The second-order valence-electron chi connectivity index (χ2n) is 6.83. The van der Waals surface area contributed by atoms with Gasteiger partial charge in [-0.1, -0.05) is 49.1 Å². The van der Waals surface area contributed by atoms with Gasteiger partial charge in [-0.3, -0.25) is 9.59 Å². The molecular weight excluding hydrogens is 352 g/mol. The summed E-state index contributed by atoms with van der Waals surface area (Å²) in [6.45, 7) is 7.04. The highest BCUT2D eigenvalue weighted by molar-refractivity contribution is 6.06. The minimum absolute atomic E-state index is 0.0275. The second-order valence-corrected chi connectivity index (χ2v) is 6.83. The Hall–Kier alpha value is -3.08. The molecule has 5 heteroatoms. The van der Waals surface area contributed by atoms with E-state index in [9.17, 15) is 9.59 Å². The van der Waals surface area contributed by atoms with Crippen LogP contribution in [-0.4, -0.2) is 36.9 Å². The lowest BCUT2D eigenvalue weighted by Gasteiger charge is -2.23. The second kappa shape index (κ2) is 8.74. The highest BCUT2D eigenvalue weighted by Gasteiger charge is 2.36. The summed E-state index contributed by atoms with van der Waals surface area (Å²) < 4.78 is 5.71. The smallest absolute Gasteiger partial charge is 0.234 e. The van der Waals surface area contributed by atoms with Crippen molar-refractivity contribution in [2.45, 2.75) is 25.8 Å². The Morgan fingerprint density at radius 3 is 2.68 bits per heavy atom. The maximum absolute atomic E-state index is 13.0. The Morgan fingerprint density at radius 2 is 1.93 bits per heavy atom. The van der Waals surface area contributed by atoms with Crippen molar-refractivity contribution in [3.63, 3.8) is 0 Å². The first-order chi connectivity index (χ1) is 13.6. The molecule has 0 radical (unpaired) electrons. The van der Waals surface area contributed by atoms with Crippen LogP contribution in [0.15, 0.2) is 61.2 Å². The fourth-order valence-electron chi connectivity index (χ4n) is 3.58. The fraction of sp³-hybridized carbons (Fsp3) is 0.304. The quantitative estimate of drug-likeness (QED) is 0.658. The first-order valence-corrected chi connectivity index (χ1v) is 9.52. The van der Waals surface area contributed by atoms with Crippen molar-refractivity contribution in [2.75, 3.05) is 25.1 Å². The van der Waals surface area contributed by atoms with E-state index in [0.29, 0.717) is 19.7 Å². The van der Waals surface area contributed by atoms with Gasteiger partial charge in [-0.25, -0.2) is 0 Å². The number of fused-ring (bicyclic) bond motifs is 1. The van der Waals surface area contributed by atoms with Crippen LogP contribution in [-0.2, 0) is 16.1 Å². The minimum Gasteiger partial charge on any atom is -0.489 e. The molecule has 28 heavy (non-hydrogen) atoms. The van der Waals surface area contributed by atoms with E-state index in [1.54, 1.807) is 22.9 Å². The average molecular weight is 378 g/mol. The zero-order chi connectivity index (χ0) is 20.1. The number of likely N-dealkylation sites (N-methyl/N-ethyl adjacent to an activating group) is 1. The summed E-state index contributed by atoms with van der Waals surface area (Å²) in [6.07, 6.45) is 1.86.